The molecule has 0 saturated heterocycles. The maximum atomic E-state index is 12.0. The number of ether oxygens (including phenoxy) is 2. The summed E-state index contributed by atoms with van der Waals surface area (Å²) in [6.45, 7) is 0.199. The van der Waals surface area contributed by atoms with Gasteiger partial charge in [-0.15, -0.1) is 0 Å². The van der Waals surface area contributed by atoms with Crippen LogP contribution in [0, 0.1) is 5.92 Å². The zero-order valence-electron chi connectivity index (χ0n) is 11.7. The highest BCUT2D eigenvalue weighted by molar-refractivity contribution is 5.82. The van der Waals surface area contributed by atoms with Gasteiger partial charge in [-0.25, -0.2) is 5.43 Å². The van der Waals surface area contributed by atoms with Crippen molar-refractivity contribution >= 4 is 12.1 Å². The number of hydrogen-bond donors (Lipinski definition) is 1. The number of carbonyl (C=O) groups is 1. The molecule has 0 spiro atoms. The van der Waals surface area contributed by atoms with E-state index in [0.29, 0.717) is 17.4 Å². The third kappa shape index (κ3) is 3.42. The van der Waals surface area contributed by atoms with Crippen molar-refractivity contribution < 1.29 is 14.3 Å². The summed E-state index contributed by atoms with van der Waals surface area (Å²) >= 11 is 0. The van der Waals surface area contributed by atoms with Crippen LogP contribution in [0.4, 0.5) is 0 Å². The maximum Gasteiger partial charge on any atom is 0.284 e. The molecular formula is C16H18N2O3. The second kappa shape index (κ2) is 6.43. The number of hydrazone groups is 1. The molecule has 1 aliphatic heterocycles. The topological polar surface area (TPSA) is 59.9 Å². The first-order valence-electron chi connectivity index (χ1n) is 7.19. The van der Waals surface area contributed by atoms with Gasteiger partial charge in [0.25, 0.3) is 5.91 Å². The van der Waals surface area contributed by atoms with Crippen molar-refractivity contribution in [1.29, 1.82) is 0 Å². The Hall–Kier alpha value is -2.30. The van der Waals surface area contributed by atoms with Crippen LogP contribution in [0.3, 0.4) is 0 Å². The lowest BCUT2D eigenvalue weighted by Gasteiger charge is -2.24. The minimum Gasteiger partial charge on any atom is -0.485 e. The van der Waals surface area contributed by atoms with Crippen molar-refractivity contribution in [2.24, 2.45) is 11.0 Å². The van der Waals surface area contributed by atoms with Crippen LogP contribution in [0.25, 0.3) is 0 Å². The summed E-state index contributed by atoms with van der Waals surface area (Å²) in [6, 6.07) is 7.31. The molecule has 0 radical (unpaired) electrons. The molecule has 0 saturated carbocycles. The molecule has 1 aromatic rings. The summed E-state index contributed by atoms with van der Waals surface area (Å²) < 4.78 is 11.1. The van der Waals surface area contributed by atoms with Crippen LogP contribution in [-0.2, 0) is 4.79 Å². The van der Waals surface area contributed by atoms with Crippen molar-refractivity contribution in [3.8, 4) is 11.5 Å². The van der Waals surface area contributed by atoms with Gasteiger partial charge in [-0.1, -0.05) is 24.3 Å². The van der Waals surface area contributed by atoms with E-state index in [4.69, 9.17) is 9.47 Å². The van der Waals surface area contributed by atoms with Gasteiger partial charge in [-0.2, -0.15) is 5.10 Å². The highest BCUT2D eigenvalue weighted by atomic mass is 16.6. The number of benzene rings is 1. The number of fused-ring (bicyclic) bond motifs is 1. The molecule has 0 unspecified atom stereocenters. The number of rotatable bonds is 3. The summed E-state index contributed by atoms with van der Waals surface area (Å²) in [6.07, 6.45) is 8.59. The number of amides is 1. The molecule has 1 heterocycles. The van der Waals surface area contributed by atoms with Crippen LogP contribution in [0.1, 0.15) is 19.3 Å². The third-order valence-corrected chi connectivity index (χ3v) is 3.57. The number of allylic oxidation sites excluding steroid dienone is 2. The molecule has 110 valence electrons. The standard InChI is InChI=1S/C16H18N2O3/c19-16(18-17-10-12-6-2-1-3-7-12)15-11-20-13-8-4-5-9-14(13)21-15/h1-2,4-5,8-10,12,15H,3,6-7,11H2,(H,18,19)/b17-10-/t12-,15-/m0/s1. The molecule has 5 heteroatoms. The van der Waals surface area contributed by atoms with Gasteiger partial charge in [-0.05, 0) is 37.3 Å². The zero-order chi connectivity index (χ0) is 14.5. The number of carbonyl (C=O) groups excluding carboxylic acids is 1. The van der Waals surface area contributed by atoms with Crippen LogP contribution >= 0.6 is 0 Å². The highest BCUT2D eigenvalue weighted by Gasteiger charge is 2.27. The molecule has 0 fully saturated rings. The highest BCUT2D eigenvalue weighted by Crippen LogP contribution is 2.30. The van der Waals surface area contributed by atoms with Crippen molar-refractivity contribution in [2.45, 2.75) is 25.4 Å². The van der Waals surface area contributed by atoms with Gasteiger partial charge in [0.05, 0.1) is 0 Å². The molecule has 1 N–H and O–H groups in total. The molecule has 21 heavy (non-hydrogen) atoms. The van der Waals surface area contributed by atoms with Crippen molar-refractivity contribution in [1.82, 2.24) is 5.43 Å². The lowest BCUT2D eigenvalue weighted by molar-refractivity contribution is -0.130. The van der Waals surface area contributed by atoms with Gasteiger partial charge >= 0.3 is 0 Å². The fraction of sp³-hybridized carbons (Fsp3) is 0.375. The maximum absolute atomic E-state index is 12.0. The molecule has 3 rings (SSSR count). The molecule has 1 amide bonds. The van der Waals surface area contributed by atoms with Gasteiger partial charge in [0.15, 0.2) is 11.5 Å². The Morgan fingerprint density at radius 3 is 2.95 bits per heavy atom. The Morgan fingerprint density at radius 1 is 1.29 bits per heavy atom. The van der Waals surface area contributed by atoms with E-state index in [-0.39, 0.29) is 12.5 Å². The largest absolute Gasteiger partial charge is 0.485 e. The molecular weight excluding hydrogens is 268 g/mol. The zero-order valence-corrected chi connectivity index (χ0v) is 11.7. The smallest absolute Gasteiger partial charge is 0.284 e. The summed E-state index contributed by atoms with van der Waals surface area (Å²) in [5.74, 6) is 1.37. The average Bonchev–Trinajstić information content (AvgIpc) is 2.55. The van der Waals surface area contributed by atoms with E-state index in [1.165, 1.54) is 0 Å². The third-order valence-electron chi connectivity index (χ3n) is 3.57. The van der Waals surface area contributed by atoms with Crippen molar-refractivity contribution in [3.63, 3.8) is 0 Å². The Balaban J connectivity index is 1.52. The molecule has 5 nitrogen and oxygen atoms in total. The van der Waals surface area contributed by atoms with Crippen LogP contribution < -0.4 is 14.9 Å². The fourth-order valence-electron chi connectivity index (χ4n) is 2.38. The first kappa shape index (κ1) is 13.7. The quantitative estimate of drug-likeness (QED) is 0.527. The Kier molecular flexibility index (Phi) is 4.19. The second-order valence-corrected chi connectivity index (χ2v) is 5.16. The van der Waals surface area contributed by atoms with Crippen LogP contribution in [0.5, 0.6) is 11.5 Å². The van der Waals surface area contributed by atoms with E-state index in [1.807, 2.05) is 18.2 Å². The van der Waals surface area contributed by atoms with Crippen molar-refractivity contribution in [2.75, 3.05) is 6.61 Å². The number of nitrogens with zero attached hydrogens (tertiary/aromatic N) is 1. The molecule has 1 aliphatic carbocycles. The first-order valence-corrected chi connectivity index (χ1v) is 7.19. The minimum atomic E-state index is -0.664. The van der Waals surface area contributed by atoms with E-state index in [2.05, 4.69) is 22.7 Å². The average molecular weight is 286 g/mol. The van der Waals surface area contributed by atoms with E-state index in [1.54, 1.807) is 12.3 Å². The van der Waals surface area contributed by atoms with E-state index < -0.39 is 6.10 Å². The predicted molar refractivity (Wildman–Crippen MR) is 79.5 cm³/mol. The molecule has 0 aromatic heterocycles. The lowest BCUT2D eigenvalue weighted by atomic mass is 9.96. The molecule has 2 aliphatic rings. The minimum absolute atomic E-state index is 0.199. The van der Waals surface area contributed by atoms with Gasteiger partial charge in [0, 0.05) is 6.21 Å². The van der Waals surface area contributed by atoms with Crippen molar-refractivity contribution in [3.05, 3.63) is 36.4 Å². The summed E-state index contributed by atoms with van der Waals surface area (Å²) in [7, 11) is 0. The lowest BCUT2D eigenvalue weighted by Crippen LogP contribution is -2.42. The molecule has 1 aromatic carbocycles. The fourth-order valence-corrected chi connectivity index (χ4v) is 2.38. The predicted octanol–water partition coefficient (Wildman–Crippen LogP) is 2.28. The summed E-state index contributed by atoms with van der Waals surface area (Å²) in [4.78, 5) is 12.0. The van der Waals surface area contributed by atoms with Crippen LogP contribution in [0.15, 0.2) is 41.5 Å². The Morgan fingerprint density at radius 2 is 2.14 bits per heavy atom. The second-order valence-electron chi connectivity index (χ2n) is 5.16. The van der Waals surface area contributed by atoms with Crippen LogP contribution in [-0.4, -0.2) is 24.8 Å². The monoisotopic (exact) mass is 286 g/mol. The van der Waals surface area contributed by atoms with E-state index in [0.717, 1.165) is 19.3 Å². The summed E-state index contributed by atoms with van der Waals surface area (Å²) in [5, 5.41) is 4.03. The molecule has 0 bridgehead atoms. The number of para-hydroxylation sites is 2. The van der Waals surface area contributed by atoms with Gasteiger partial charge in [0.1, 0.15) is 6.61 Å². The van der Waals surface area contributed by atoms with E-state index in [9.17, 15) is 4.79 Å². The summed E-state index contributed by atoms with van der Waals surface area (Å²) in [5.41, 5.74) is 2.53. The normalized spacial score (nSPS) is 24.0. The SMILES string of the molecule is O=C(N/N=C\[C@H]1CC=CCC1)[C@@H]1COc2ccccc2O1. The Bertz CT molecular complexity index is 568. The van der Waals surface area contributed by atoms with Gasteiger partial charge in [0.2, 0.25) is 6.10 Å². The molecule has 2 atom stereocenters. The van der Waals surface area contributed by atoms with Gasteiger partial charge in [-0.3, -0.25) is 4.79 Å². The number of nitrogens with one attached hydrogen (secondary N) is 1. The number of hydrogen-bond acceptors (Lipinski definition) is 4. The van der Waals surface area contributed by atoms with Crippen LogP contribution in [0.2, 0.25) is 0 Å². The Labute approximate surface area is 123 Å². The van der Waals surface area contributed by atoms with Gasteiger partial charge < -0.3 is 9.47 Å². The van der Waals surface area contributed by atoms with E-state index >= 15 is 0 Å². The first-order chi connectivity index (χ1) is 10.3.